The zero-order valence-electron chi connectivity index (χ0n) is 15.4. The molecule has 2 aromatic heterocycles. The van der Waals surface area contributed by atoms with Crippen LogP contribution in [0.4, 0.5) is 0 Å². The second-order valence-corrected chi connectivity index (χ2v) is 7.23. The Hall–Kier alpha value is -2.53. The van der Waals surface area contributed by atoms with Crippen LogP contribution < -0.4 is 0 Å². The Labute approximate surface area is 154 Å². The second kappa shape index (κ2) is 7.38. The molecule has 4 rings (SSSR count). The lowest BCUT2D eigenvalue weighted by atomic mass is 10.1. The number of nitrogens with zero attached hydrogens (tertiary/aromatic N) is 5. The van der Waals surface area contributed by atoms with Crippen LogP contribution in [0.25, 0.3) is 5.82 Å². The lowest BCUT2D eigenvalue weighted by Gasteiger charge is -2.24. The molecule has 1 saturated heterocycles. The largest absolute Gasteiger partial charge is 0.290 e. The van der Waals surface area contributed by atoms with Crippen molar-refractivity contribution in [3.63, 3.8) is 0 Å². The molecule has 26 heavy (non-hydrogen) atoms. The maximum Gasteiger partial charge on any atom is 0.156 e. The van der Waals surface area contributed by atoms with Crippen molar-refractivity contribution in [1.29, 1.82) is 0 Å². The second-order valence-electron chi connectivity index (χ2n) is 7.23. The average Bonchev–Trinajstić information content (AvgIpc) is 3.32. The van der Waals surface area contributed by atoms with E-state index < -0.39 is 0 Å². The van der Waals surface area contributed by atoms with Gasteiger partial charge in [0, 0.05) is 24.9 Å². The van der Waals surface area contributed by atoms with E-state index in [0.29, 0.717) is 12.0 Å². The van der Waals surface area contributed by atoms with Gasteiger partial charge in [-0.2, -0.15) is 0 Å². The van der Waals surface area contributed by atoms with Crippen molar-refractivity contribution in [2.24, 2.45) is 0 Å². The molecule has 5 nitrogen and oxygen atoms in total. The molecular weight excluding hydrogens is 322 g/mol. The summed E-state index contributed by atoms with van der Waals surface area (Å²) in [7, 11) is 0. The monoisotopic (exact) mass is 347 g/mol. The van der Waals surface area contributed by atoms with Crippen molar-refractivity contribution in [3.8, 4) is 5.82 Å². The number of benzene rings is 1. The van der Waals surface area contributed by atoms with Crippen LogP contribution >= 0.6 is 0 Å². The highest BCUT2D eigenvalue weighted by molar-refractivity contribution is 5.25. The highest BCUT2D eigenvalue weighted by Gasteiger charge is 2.27. The van der Waals surface area contributed by atoms with Crippen molar-refractivity contribution in [2.45, 2.75) is 45.2 Å². The van der Waals surface area contributed by atoms with Gasteiger partial charge in [0.2, 0.25) is 0 Å². The molecule has 1 aliphatic rings. The van der Waals surface area contributed by atoms with Crippen LogP contribution in [0.1, 0.15) is 55.7 Å². The van der Waals surface area contributed by atoms with Crippen molar-refractivity contribution < 1.29 is 0 Å². The Bertz CT molecular complexity index is 856. The fourth-order valence-electron chi connectivity index (χ4n) is 3.75. The van der Waals surface area contributed by atoms with Crippen LogP contribution in [0.2, 0.25) is 0 Å². The first-order valence-corrected chi connectivity index (χ1v) is 9.36. The predicted octanol–water partition coefficient (Wildman–Crippen LogP) is 4.12. The van der Waals surface area contributed by atoms with E-state index in [4.69, 9.17) is 4.98 Å². The molecule has 0 saturated carbocycles. The molecule has 0 aliphatic carbocycles. The average molecular weight is 347 g/mol. The standard InChI is InChI=1S/C21H25N5/c1-16(2)21-23-10-12-26(21)20-14-22-13-18(24-20)19-9-6-11-25(19)15-17-7-4-3-5-8-17/h3-5,7-8,10,12-14,16,19H,6,9,11,15H2,1-2H3. The summed E-state index contributed by atoms with van der Waals surface area (Å²) in [5.74, 6) is 2.22. The lowest BCUT2D eigenvalue weighted by Crippen LogP contribution is -2.24. The molecule has 0 spiro atoms. The molecule has 0 N–H and O–H groups in total. The summed E-state index contributed by atoms with van der Waals surface area (Å²) in [5, 5.41) is 0. The van der Waals surface area contributed by atoms with E-state index in [1.54, 1.807) is 0 Å². The molecule has 1 aromatic carbocycles. The summed E-state index contributed by atoms with van der Waals surface area (Å²) in [4.78, 5) is 16.4. The first kappa shape index (κ1) is 16.9. The molecule has 5 heteroatoms. The quantitative estimate of drug-likeness (QED) is 0.696. The van der Waals surface area contributed by atoms with Crippen LogP contribution in [-0.4, -0.2) is 31.0 Å². The van der Waals surface area contributed by atoms with E-state index in [-0.39, 0.29) is 0 Å². The van der Waals surface area contributed by atoms with Crippen LogP contribution in [0.3, 0.4) is 0 Å². The van der Waals surface area contributed by atoms with E-state index in [1.807, 2.05) is 24.8 Å². The van der Waals surface area contributed by atoms with Crippen molar-refractivity contribution in [1.82, 2.24) is 24.4 Å². The molecule has 0 amide bonds. The molecule has 134 valence electrons. The van der Waals surface area contributed by atoms with E-state index in [0.717, 1.165) is 36.8 Å². The predicted molar refractivity (Wildman–Crippen MR) is 102 cm³/mol. The fourth-order valence-corrected chi connectivity index (χ4v) is 3.75. The maximum atomic E-state index is 4.95. The number of hydrogen-bond donors (Lipinski definition) is 0. The highest BCUT2D eigenvalue weighted by Crippen LogP contribution is 2.32. The van der Waals surface area contributed by atoms with Crippen LogP contribution in [0.5, 0.6) is 0 Å². The van der Waals surface area contributed by atoms with Gasteiger partial charge in [0.05, 0.1) is 24.1 Å². The van der Waals surface area contributed by atoms with E-state index in [1.165, 1.54) is 12.0 Å². The molecule has 0 bridgehead atoms. The third kappa shape index (κ3) is 3.40. The third-order valence-corrected chi connectivity index (χ3v) is 5.01. The van der Waals surface area contributed by atoms with Crippen molar-refractivity contribution in [3.05, 3.63) is 72.2 Å². The smallest absolute Gasteiger partial charge is 0.156 e. The summed E-state index contributed by atoms with van der Waals surface area (Å²) < 4.78 is 2.05. The SMILES string of the molecule is CC(C)c1nccn1-c1cncc(C2CCCN2Cc2ccccc2)n1. The zero-order chi connectivity index (χ0) is 17.9. The number of rotatable bonds is 5. The summed E-state index contributed by atoms with van der Waals surface area (Å²) in [6.07, 6.45) is 9.88. The van der Waals surface area contributed by atoms with Gasteiger partial charge in [-0.1, -0.05) is 44.2 Å². The molecule has 3 heterocycles. The molecule has 1 atom stereocenters. The topological polar surface area (TPSA) is 46.8 Å². The first-order valence-electron chi connectivity index (χ1n) is 9.36. The third-order valence-electron chi connectivity index (χ3n) is 5.01. The summed E-state index contributed by atoms with van der Waals surface area (Å²) in [6.45, 7) is 6.36. The Kier molecular flexibility index (Phi) is 4.80. The molecule has 1 unspecified atom stereocenters. The molecular formula is C21H25N5. The van der Waals surface area contributed by atoms with Gasteiger partial charge >= 0.3 is 0 Å². The molecule has 1 aliphatic heterocycles. The number of hydrogen-bond acceptors (Lipinski definition) is 4. The maximum absolute atomic E-state index is 4.95. The molecule has 0 radical (unpaired) electrons. The number of likely N-dealkylation sites (tertiary alicyclic amines) is 1. The minimum Gasteiger partial charge on any atom is -0.290 e. The van der Waals surface area contributed by atoms with Gasteiger partial charge in [-0.05, 0) is 24.9 Å². The number of imidazole rings is 1. The van der Waals surface area contributed by atoms with Gasteiger partial charge in [-0.25, -0.2) is 9.97 Å². The van der Waals surface area contributed by atoms with Crippen LogP contribution in [0.15, 0.2) is 55.1 Å². The Morgan fingerprint density at radius 1 is 1.15 bits per heavy atom. The highest BCUT2D eigenvalue weighted by atomic mass is 15.2. The summed E-state index contributed by atoms with van der Waals surface area (Å²) in [5.41, 5.74) is 2.40. The summed E-state index contributed by atoms with van der Waals surface area (Å²) >= 11 is 0. The fraction of sp³-hybridized carbons (Fsp3) is 0.381. The molecule has 1 fully saturated rings. The first-order chi connectivity index (χ1) is 12.7. The van der Waals surface area contributed by atoms with Crippen molar-refractivity contribution >= 4 is 0 Å². The van der Waals surface area contributed by atoms with Crippen molar-refractivity contribution in [2.75, 3.05) is 6.54 Å². The zero-order valence-corrected chi connectivity index (χ0v) is 15.4. The van der Waals surface area contributed by atoms with E-state index >= 15 is 0 Å². The summed E-state index contributed by atoms with van der Waals surface area (Å²) in [6, 6.07) is 11.0. The van der Waals surface area contributed by atoms with E-state index in [2.05, 4.69) is 63.6 Å². The Morgan fingerprint density at radius 2 is 2.00 bits per heavy atom. The molecule has 3 aromatic rings. The van der Waals surface area contributed by atoms with E-state index in [9.17, 15) is 0 Å². The van der Waals surface area contributed by atoms with Gasteiger partial charge < -0.3 is 0 Å². The normalized spacial score (nSPS) is 17.9. The minimum atomic E-state index is 0.327. The van der Waals surface area contributed by atoms with Gasteiger partial charge in [-0.15, -0.1) is 0 Å². The lowest BCUT2D eigenvalue weighted by molar-refractivity contribution is 0.244. The van der Waals surface area contributed by atoms with Gasteiger partial charge in [-0.3, -0.25) is 14.5 Å². The number of aromatic nitrogens is 4. The van der Waals surface area contributed by atoms with Gasteiger partial charge in [0.1, 0.15) is 5.82 Å². The Morgan fingerprint density at radius 3 is 2.81 bits per heavy atom. The van der Waals surface area contributed by atoms with Crippen LogP contribution in [0, 0.1) is 0 Å². The van der Waals surface area contributed by atoms with Gasteiger partial charge in [0.25, 0.3) is 0 Å². The Balaban J connectivity index is 1.60. The van der Waals surface area contributed by atoms with Gasteiger partial charge in [0.15, 0.2) is 5.82 Å². The minimum absolute atomic E-state index is 0.327. The van der Waals surface area contributed by atoms with Crippen LogP contribution in [-0.2, 0) is 6.54 Å².